The van der Waals surface area contributed by atoms with E-state index in [1.54, 1.807) is 38.7 Å². The second-order valence-electron chi connectivity index (χ2n) is 7.85. The molecular weight excluding hydrogens is 340 g/mol. The van der Waals surface area contributed by atoms with Gasteiger partial charge in [-0.25, -0.2) is 4.79 Å². The van der Waals surface area contributed by atoms with Gasteiger partial charge in [0.05, 0.1) is 16.6 Å². The van der Waals surface area contributed by atoms with E-state index >= 15 is 0 Å². The Balaban J connectivity index is 2.26. The Morgan fingerprint density at radius 3 is 2.73 bits per heavy atom. The molecule has 0 aliphatic carbocycles. The lowest BCUT2D eigenvalue weighted by molar-refractivity contribution is -0.384. The molecule has 2 rings (SSSR count). The minimum absolute atomic E-state index is 0.114. The predicted octanol–water partition coefficient (Wildman–Crippen LogP) is 2.09. The highest BCUT2D eigenvalue weighted by atomic mass is 16.6. The van der Waals surface area contributed by atoms with E-state index < -0.39 is 28.3 Å². The van der Waals surface area contributed by atoms with Gasteiger partial charge in [-0.05, 0) is 33.8 Å². The standard InChI is InChI=1S/C17H26N4O5/c1-11-9-20(12-6-7-18-8-13(12)21(24)25)10-14(17(11,5)23)19-15(22)26-16(2,3)4/h6-8,11,14,23H,9-10H2,1-5H3,(H,19,22)/t11-,14+,17?/m0/s1. The van der Waals surface area contributed by atoms with Crippen molar-refractivity contribution in [3.05, 3.63) is 28.6 Å². The third-order valence-corrected chi connectivity index (χ3v) is 4.61. The first kappa shape index (κ1) is 19.9. The number of amides is 1. The van der Waals surface area contributed by atoms with Crippen molar-refractivity contribution in [2.75, 3.05) is 18.0 Å². The van der Waals surface area contributed by atoms with Gasteiger partial charge in [0.15, 0.2) is 0 Å². The Labute approximate surface area is 152 Å². The van der Waals surface area contributed by atoms with Crippen molar-refractivity contribution < 1.29 is 19.6 Å². The minimum atomic E-state index is -1.19. The summed E-state index contributed by atoms with van der Waals surface area (Å²) in [6.45, 7) is 9.36. The van der Waals surface area contributed by atoms with Crippen LogP contribution in [-0.2, 0) is 4.74 Å². The van der Waals surface area contributed by atoms with Gasteiger partial charge >= 0.3 is 11.8 Å². The number of nitrogens with zero attached hydrogens (tertiary/aromatic N) is 3. The molecule has 9 nitrogen and oxygen atoms in total. The topological polar surface area (TPSA) is 118 Å². The Morgan fingerprint density at radius 1 is 1.50 bits per heavy atom. The lowest BCUT2D eigenvalue weighted by Gasteiger charge is -2.47. The first-order chi connectivity index (χ1) is 11.9. The average molecular weight is 366 g/mol. The summed E-state index contributed by atoms with van der Waals surface area (Å²) < 4.78 is 5.27. The van der Waals surface area contributed by atoms with E-state index in [0.29, 0.717) is 12.2 Å². The summed E-state index contributed by atoms with van der Waals surface area (Å²) in [5, 5.41) is 24.8. The molecule has 1 aliphatic rings. The molecule has 9 heteroatoms. The van der Waals surface area contributed by atoms with Crippen molar-refractivity contribution in [2.24, 2.45) is 5.92 Å². The van der Waals surface area contributed by atoms with E-state index in [1.807, 2.05) is 6.92 Å². The van der Waals surface area contributed by atoms with E-state index in [9.17, 15) is 20.0 Å². The summed E-state index contributed by atoms with van der Waals surface area (Å²) in [6.07, 6.45) is 2.04. The van der Waals surface area contributed by atoms with Crippen molar-refractivity contribution in [1.29, 1.82) is 0 Å². The van der Waals surface area contributed by atoms with E-state index in [2.05, 4.69) is 10.3 Å². The fraction of sp³-hybridized carbons (Fsp3) is 0.647. The molecule has 1 saturated heterocycles. The molecule has 1 unspecified atom stereocenters. The first-order valence-electron chi connectivity index (χ1n) is 8.47. The summed E-state index contributed by atoms with van der Waals surface area (Å²) >= 11 is 0. The molecule has 1 aromatic rings. The van der Waals surface area contributed by atoms with Crippen LogP contribution in [0.25, 0.3) is 0 Å². The van der Waals surface area contributed by atoms with Gasteiger partial charge in [0.1, 0.15) is 17.5 Å². The van der Waals surface area contributed by atoms with Crippen LogP contribution in [0.1, 0.15) is 34.6 Å². The van der Waals surface area contributed by atoms with Crippen LogP contribution in [0.15, 0.2) is 18.5 Å². The van der Waals surface area contributed by atoms with Crippen LogP contribution in [0.3, 0.4) is 0 Å². The molecular formula is C17H26N4O5. The maximum atomic E-state index is 12.2. The largest absolute Gasteiger partial charge is 0.444 e. The number of aromatic nitrogens is 1. The molecule has 1 amide bonds. The maximum Gasteiger partial charge on any atom is 0.408 e. The van der Waals surface area contributed by atoms with Crippen molar-refractivity contribution in [3.8, 4) is 0 Å². The number of nitro groups is 1. The van der Waals surface area contributed by atoms with Crippen LogP contribution in [0, 0.1) is 16.0 Å². The van der Waals surface area contributed by atoms with Crippen LogP contribution in [0.5, 0.6) is 0 Å². The molecule has 0 aromatic carbocycles. The minimum Gasteiger partial charge on any atom is -0.444 e. The number of ether oxygens (including phenoxy) is 1. The van der Waals surface area contributed by atoms with Gasteiger partial charge in [-0.2, -0.15) is 0 Å². The monoisotopic (exact) mass is 366 g/mol. The van der Waals surface area contributed by atoms with Crippen molar-refractivity contribution in [2.45, 2.75) is 51.9 Å². The molecule has 1 fully saturated rings. The molecule has 1 aromatic heterocycles. The zero-order valence-corrected chi connectivity index (χ0v) is 15.7. The smallest absolute Gasteiger partial charge is 0.408 e. The lowest BCUT2D eigenvalue weighted by Crippen LogP contribution is -2.65. The second kappa shape index (κ2) is 7.06. The summed E-state index contributed by atoms with van der Waals surface area (Å²) in [5.41, 5.74) is -1.56. The molecule has 0 saturated carbocycles. The molecule has 0 radical (unpaired) electrons. The molecule has 2 N–H and O–H groups in total. The zero-order chi connectivity index (χ0) is 19.7. The SMILES string of the molecule is C[C@H]1CN(c2ccncc2[N+](=O)[O-])C[C@@H](NC(=O)OC(C)(C)C)C1(C)O. The number of carbonyl (C=O) groups excluding carboxylic acids is 1. The molecule has 0 bridgehead atoms. The van der Waals surface area contributed by atoms with E-state index in [0.717, 1.165) is 0 Å². The second-order valence-corrected chi connectivity index (χ2v) is 7.85. The zero-order valence-electron chi connectivity index (χ0n) is 15.7. The Kier molecular flexibility index (Phi) is 5.41. The van der Waals surface area contributed by atoms with E-state index in [1.165, 1.54) is 12.4 Å². The third-order valence-electron chi connectivity index (χ3n) is 4.61. The average Bonchev–Trinajstić information content (AvgIpc) is 2.50. The van der Waals surface area contributed by atoms with Crippen LogP contribution < -0.4 is 10.2 Å². The van der Waals surface area contributed by atoms with E-state index in [4.69, 9.17) is 4.74 Å². The Morgan fingerprint density at radius 2 is 2.15 bits per heavy atom. The highest BCUT2D eigenvalue weighted by Gasteiger charge is 2.45. The fourth-order valence-corrected chi connectivity index (χ4v) is 2.96. The van der Waals surface area contributed by atoms with Crippen molar-refractivity contribution in [1.82, 2.24) is 10.3 Å². The number of rotatable bonds is 3. The first-order valence-corrected chi connectivity index (χ1v) is 8.47. The van der Waals surface area contributed by atoms with Crippen LogP contribution in [-0.4, -0.2) is 51.4 Å². The van der Waals surface area contributed by atoms with E-state index in [-0.39, 0.29) is 18.2 Å². The van der Waals surface area contributed by atoms with Gasteiger partial charge in [-0.1, -0.05) is 6.92 Å². The molecule has 0 spiro atoms. The van der Waals surface area contributed by atoms with Crippen molar-refractivity contribution in [3.63, 3.8) is 0 Å². The van der Waals surface area contributed by atoms with Gasteiger partial charge in [0, 0.05) is 25.2 Å². The molecule has 26 heavy (non-hydrogen) atoms. The number of aliphatic hydroxyl groups is 1. The van der Waals surface area contributed by atoms with Crippen molar-refractivity contribution >= 4 is 17.5 Å². The summed E-state index contributed by atoms with van der Waals surface area (Å²) in [5.74, 6) is -0.246. The van der Waals surface area contributed by atoms with Crippen LogP contribution >= 0.6 is 0 Å². The number of hydrogen-bond acceptors (Lipinski definition) is 7. The predicted molar refractivity (Wildman–Crippen MR) is 96.0 cm³/mol. The van der Waals surface area contributed by atoms with Gasteiger partial charge in [0.2, 0.25) is 0 Å². The summed E-state index contributed by atoms with van der Waals surface area (Å²) in [7, 11) is 0. The number of anilines is 1. The normalized spacial score (nSPS) is 26.3. The number of carbonyl (C=O) groups is 1. The lowest BCUT2D eigenvalue weighted by atomic mass is 9.79. The van der Waals surface area contributed by atoms with Crippen LogP contribution in [0.2, 0.25) is 0 Å². The third kappa shape index (κ3) is 4.40. The molecule has 144 valence electrons. The molecule has 3 atom stereocenters. The Hall–Kier alpha value is -2.42. The fourth-order valence-electron chi connectivity index (χ4n) is 2.96. The quantitative estimate of drug-likeness (QED) is 0.621. The molecule has 1 aliphatic heterocycles. The van der Waals surface area contributed by atoms with Gasteiger partial charge in [-0.3, -0.25) is 15.1 Å². The number of piperidine rings is 1. The van der Waals surface area contributed by atoms with Gasteiger partial charge < -0.3 is 20.1 Å². The number of hydrogen-bond donors (Lipinski definition) is 2. The van der Waals surface area contributed by atoms with Gasteiger partial charge in [-0.15, -0.1) is 0 Å². The maximum absolute atomic E-state index is 12.2. The highest BCUT2D eigenvalue weighted by molar-refractivity contribution is 5.69. The molecule has 2 heterocycles. The summed E-state index contributed by atoms with van der Waals surface area (Å²) in [6, 6.07) is 0.906. The number of alkyl carbamates (subject to hydrolysis) is 1. The number of pyridine rings is 1. The highest BCUT2D eigenvalue weighted by Crippen LogP contribution is 2.34. The van der Waals surface area contributed by atoms with Gasteiger partial charge in [0.25, 0.3) is 0 Å². The Bertz CT molecular complexity index is 686. The summed E-state index contributed by atoms with van der Waals surface area (Å²) in [4.78, 5) is 28.5. The number of nitrogens with one attached hydrogen (secondary N) is 1. The van der Waals surface area contributed by atoms with Crippen LogP contribution in [0.4, 0.5) is 16.2 Å².